The van der Waals surface area contributed by atoms with Crippen LogP contribution < -0.4 is 14.8 Å². The molecule has 1 aliphatic rings. The highest BCUT2D eigenvalue weighted by Gasteiger charge is 2.16. The molecule has 122 valence electrons. The molecule has 23 heavy (non-hydrogen) atoms. The predicted octanol–water partition coefficient (Wildman–Crippen LogP) is 3.03. The Hall–Kier alpha value is -1.82. The van der Waals surface area contributed by atoms with Crippen LogP contribution in [0, 0.1) is 5.82 Å². The summed E-state index contributed by atoms with van der Waals surface area (Å²) in [5.41, 5.74) is 2.18. The van der Waals surface area contributed by atoms with E-state index in [1.165, 1.54) is 6.07 Å². The molecule has 1 heterocycles. The van der Waals surface area contributed by atoms with Gasteiger partial charge in [-0.15, -0.1) is 0 Å². The molecule has 1 aliphatic heterocycles. The minimum absolute atomic E-state index is 0.298. The molecule has 3 rings (SSSR count). The third kappa shape index (κ3) is 3.75. The number of aliphatic hydroxyl groups excluding tert-OH is 1. The SMILES string of the molecule is OCc1cc(CNCc2cc(Cl)c3c(c2)OCCO3)ccc1F. The highest BCUT2D eigenvalue weighted by Crippen LogP contribution is 2.38. The monoisotopic (exact) mass is 337 g/mol. The maximum absolute atomic E-state index is 13.3. The molecule has 4 nitrogen and oxygen atoms in total. The molecule has 0 radical (unpaired) electrons. The van der Waals surface area contributed by atoms with Gasteiger partial charge in [-0.25, -0.2) is 4.39 Å². The Balaban J connectivity index is 1.64. The van der Waals surface area contributed by atoms with Gasteiger partial charge in [-0.2, -0.15) is 0 Å². The topological polar surface area (TPSA) is 50.7 Å². The lowest BCUT2D eigenvalue weighted by Gasteiger charge is -2.20. The zero-order valence-electron chi connectivity index (χ0n) is 12.4. The van der Waals surface area contributed by atoms with E-state index in [2.05, 4.69) is 5.32 Å². The first-order valence-corrected chi connectivity index (χ1v) is 7.72. The smallest absolute Gasteiger partial charge is 0.179 e. The van der Waals surface area contributed by atoms with E-state index in [9.17, 15) is 4.39 Å². The molecule has 0 saturated carbocycles. The first kappa shape index (κ1) is 16.1. The van der Waals surface area contributed by atoms with Gasteiger partial charge in [0.2, 0.25) is 0 Å². The quantitative estimate of drug-likeness (QED) is 0.880. The maximum Gasteiger partial charge on any atom is 0.179 e. The molecule has 0 bridgehead atoms. The Labute approximate surface area is 138 Å². The van der Waals surface area contributed by atoms with E-state index >= 15 is 0 Å². The molecule has 0 spiro atoms. The molecular weight excluding hydrogens is 321 g/mol. The fourth-order valence-electron chi connectivity index (χ4n) is 2.48. The summed E-state index contributed by atoms with van der Waals surface area (Å²) in [7, 11) is 0. The summed E-state index contributed by atoms with van der Waals surface area (Å²) in [5, 5.41) is 12.9. The average Bonchev–Trinajstić information content (AvgIpc) is 2.56. The van der Waals surface area contributed by atoms with Gasteiger partial charge >= 0.3 is 0 Å². The molecule has 0 aromatic heterocycles. The molecule has 6 heteroatoms. The lowest BCUT2D eigenvalue weighted by molar-refractivity contribution is 0.171. The van der Waals surface area contributed by atoms with Gasteiger partial charge in [-0.3, -0.25) is 0 Å². The van der Waals surface area contributed by atoms with Gasteiger partial charge in [-0.05, 0) is 35.4 Å². The Morgan fingerprint density at radius 2 is 1.87 bits per heavy atom. The lowest BCUT2D eigenvalue weighted by Crippen LogP contribution is -2.17. The summed E-state index contributed by atoms with van der Waals surface area (Å²) >= 11 is 6.20. The van der Waals surface area contributed by atoms with Crippen molar-refractivity contribution in [2.45, 2.75) is 19.7 Å². The molecular formula is C17H17ClFNO3. The summed E-state index contributed by atoms with van der Waals surface area (Å²) < 4.78 is 24.4. The van der Waals surface area contributed by atoms with Crippen LogP contribution in [-0.2, 0) is 19.7 Å². The average molecular weight is 338 g/mol. The van der Waals surface area contributed by atoms with Crippen LogP contribution in [0.1, 0.15) is 16.7 Å². The van der Waals surface area contributed by atoms with Crippen molar-refractivity contribution in [3.05, 3.63) is 57.9 Å². The third-order valence-electron chi connectivity index (χ3n) is 3.60. The first-order chi connectivity index (χ1) is 11.2. The van der Waals surface area contributed by atoms with Gasteiger partial charge in [0.15, 0.2) is 11.5 Å². The normalized spacial score (nSPS) is 13.2. The number of fused-ring (bicyclic) bond motifs is 1. The van der Waals surface area contributed by atoms with Crippen molar-refractivity contribution >= 4 is 11.6 Å². The number of hydrogen-bond donors (Lipinski definition) is 2. The Bertz CT molecular complexity index is 708. The van der Waals surface area contributed by atoms with E-state index in [4.69, 9.17) is 26.2 Å². The van der Waals surface area contributed by atoms with Crippen molar-refractivity contribution in [1.29, 1.82) is 0 Å². The number of halogens is 2. The van der Waals surface area contributed by atoms with Gasteiger partial charge in [0, 0.05) is 18.7 Å². The molecule has 2 aromatic carbocycles. The predicted molar refractivity (Wildman–Crippen MR) is 85.3 cm³/mol. The van der Waals surface area contributed by atoms with Crippen LogP contribution in [0.15, 0.2) is 30.3 Å². The van der Waals surface area contributed by atoms with Crippen LogP contribution >= 0.6 is 11.6 Å². The van der Waals surface area contributed by atoms with E-state index in [1.807, 2.05) is 12.1 Å². The lowest BCUT2D eigenvalue weighted by atomic mass is 10.1. The summed E-state index contributed by atoms with van der Waals surface area (Å²) in [6, 6.07) is 8.45. The summed E-state index contributed by atoms with van der Waals surface area (Å²) in [4.78, 5) is 0. The molecule has 2 aromatic rings. The van der Waals surface area contributed by atoms with Gasteiger partial charge in [0.25, 0.3) is 0 Å². The number of rotatable bonds is 5. The zero-order chi connectivity index (χ0) is 16.2. The number of benzene rings is 2. The fraction of sp³-hybridized carbons (Fsp3) is 0.294. The number of aliphatic hydroxyl groups is 1. The van der Waals surface area contributed by atoms with E-state index in [0.717, 1.165) is 11.1 Å². The molecule has 0 amide bonds. The van der Waals surface area contributed by atoms with Gasteiger partial charge < -0.3 is 19.9 Å². The summed E-state index contributed by atoms with van der Waals surface area (Å²) in [5.74, 6) is 0.854. The van der Waals surface area contributed by atoms with E-state index in [1.54, 1.807) is 12.1 Å². The number of hydrogen-bond acceptors (Lipinski definition) is 4. The van der Waals surface area contributed by atoms with Crippen LogP contribution in [0.5, 0.6) is 11.5 Å². The van der Waals surface area contributed by atoms with Gasteiger partial charge in [0.05, 0.1) is 11.6 Å². The van der Waals surface area contributed by atoms with Crippen molar-refractivity contribution in [2.75, 3.05) is 13.2 Å². The Kier molecular flexibility index (Phi) is 5.00. The second-order valence-corrected chi connectivity index (χ2v) is 5.70. The van der Waals surface area contributed by atoms with E-state index in [-0.39, 0.29) is 6.61 Å². The summed E-state index contributed by atoms with van der Waals surface area (Å²) in [6.45, 7) is 1.85. The molecule has 0 saturated heterocycles. The van der Waals surface area contributed by atoms with E-state index < -0.39 is 5.82 Å². The van der Waals surface area contributed by atoms with Gasteiger partial charge in [0.1, 0.15) is 19.0 Å². The highest BCUT2D eigenvalue weighted by atomic mass is 35.5. The minimum Gasteiger partial charge on any atom is -0.486 e. The van der Waals surface area contributed by atoms with Crippen molar-refractivity contribution in [1.82, 2.24) is 5.32 Å². The Morgan fingerprint density at radius 3 is 2.70 bits per heavy atom. The molecule has 0 aliphatic carbocycles. The standard InChI is InChI=1S/C17H17ClFNO3/c18-14-6-12(7-16-17(14)23-4-3-22-16)9-20-8-11-1-2-15(19)13(5-11)10-21/h1-2,5-7,20-21H,3-4,8-10H2. The van der Waals surface area contributed by atoms with Crippen molar-refractivity contribution in [3.8, 4) is 11.5 Å². The zero-order valence-corrected chi connectivity index (χ0v) is 13.2. The highest BCUT2D eigenvalue weighted by molar-refractivity contribution is 6.32. The third-order valence-corrected chi connectivity index (χ3v) is 3.88. The van der Waals surface area contributed by atoms with Crippen LogP contribution in [0.3, 0.4) is 0 Å². The molecule has 0 fully saturated rings. The Morgan fingerprint density at radius 1 is 1.09 bits per heavy atom. The molecule has 2 N–H and O–H groups in total. The maximum atomic E-state index is 13.3. The van der Waals surface area contributed by atoms with Crippen molar-refractivity contribution in [2.24, 2.45) is 0 Å². The first-order valence-electron chi connectivity index (χ1n) is 7.34. The largest absolute Gasteiger partial charge is 0.486 e. The van der Waals surface area contributed by atoms with E-state index in [0.29, 0.717) is 48.4 Å². The van der Waals surface area contributed by atoms with Crippen molar-refractivity contribution in [3.63, 3.8) is 0 Å². The second kappa shape index (κ2) is 7.17. The minimum atomic E-state index is -0.394. The molecule has 0 unspecified atom stereocenters. The summed E-state index contributed by atoms with van der Waals surface area (Å²) in [6.07, 6.45) is 0. The van der Waals surface area contributed by atoms with Crippen LogP contribution in [0.2, 0.25) is 5.02 Å². The second-order valence-electron chi connectivity index (χ2n) is 5.29. The molecule has 0 atom stereocenters. The van der Waals surface area contributed by atoms with Crippen molar-refractivity contribution < 1.29 is 19.0 Å². The van der Waals surface area contributed by atoms with Crippen LogP contribution in [0.4, 0.5) is 4.39 Å². The van der Waals surface area contributed by atoms with Gasteiger partial charge in [-0.1, -0.05) is 17.7 Å². The number of nitrogens with one attached hydrogen (secondary N) is 1. The van der Waals surface area contributed by atoms with Crippen LogP contribution in [0.25, 0.3) is 0 Å². The van der Waals surface area contributed by atoms with Crippen LogP contribution in [-0.4, -0.2) is 18.3 Å². The fourth-order valence-corrected chi connectivity index (χ4v) is 2.76. The number of ether oxygens (including phenoxy) is 2.